The molecule has 0 saturated carbocycles. The maximum absolute atomic E-state index is 15.1. The minimum Gasteiger partial charge on any atom is -0.494 e. The van der Waals surface area contributed by atoms with Crippen molar-refractivity contribution >= 4 is 27.5 Å². The lowest BCUT2D eigenvalue weighted by molar-refractivity contribution is 0.419. The molecule has 28 heavy (non-hydrogen) atoms. The Kier molecular flexibility index (Phi) is 4.09. The maximum Gasteiger partial charge on any atom is 0.147 e. The minimum atomic E-state index is -0.191. The van der Waals surface area contributed by atoms with Crippen molar-refractivity contribution < 1.29 is 9.13 Å². The third-order valence-electron chi connectivity index (χ3n) is 5.70. The van der Waals surface area contributed by atoms with E-state index in [-0.39, 0.29) is 5.82 Å². The summed E-state index contributed by atoms with van der Waals surface area (Å²) in [5.74, 6) is 0.548. The minimum absolute atomic E-state index is 0.191. The lowest BCUT2D eigenvalue weighted by Crippen LogP contribution is -2.43. The fourth-order valence-electron chi connectivity index (χ4n) is 4.27. The first-order valence-electron chi connectivity index (χ1n) is 9.75. The average molecular weight is 378 g/mol. The highest BCUT2D eigenvalue weighted by Crippen LogP contribution is 2.41. The van der Waals surface area contributed by atoms with Crippen molar-refractivity contribution in [2.24, 2.45) is 0 Å². The van der Waals surface area contributed by atoms with Gasteiger partial charge < -0.3 is 19.5 Å². The van der Waals surface area contributed by atoms with E-state index in [0.29, 0.717) is 5.69 Å². The Labute approximate surface area is 163 Å². The van der Waals surface area contributed by atoms with Gasteiger partial charge in [0.25, 0.3) is 0 Å². The molecule has 3 aliphatic rings. The van der Waals surface area contributed by atoms with Gasteiger partial charge in [0.1, 0.15) is 17.1 Å². The molecule has 5 nitrogen and oxygen atoms in total. The zero-order valence-electron chi connectivity index (χ0n) is 16.1. The van der Waals surface area contributed by atoms with Crippen LogP contribution in [0, 0.1) is 5.82 Å². The first-order valence-corrected chi connectivity index (χ1v) is 9.75. The number of para-hydroxylation sites is 1. The van der Waals surface area contributed by atoms with Gasteiger partial charge in [-0.25, -0.2) is 9.37 Å². The molecular formula is C22H23FN4O. The molecule has 0 aliphatic carbocycles. The fraction of sp³-hybridized carbons (Fsp3) is 0.318. The fourth-order valence-corrected chi connectivity index (χ4v) is 4.27. The summed E-state index contributed by atoms with van der Waals surface area (Å²) >= 11 is 0. The van der Waals surface area contributed by atoms with Crippen molar-refractivity contribution in [3.63, 3.8) is 0 Å². The van der Waals surface area contributed by atoms with Crippen molar-refractivity contribution in [3.05, 3.63) is 42.3 Å². The van der Waals surface area contributed by atoms with Crippen molar-refractivity contribution in [1.29, 1.82) is 0 Å². The molecule has 0 spiro atoms. The number of nitrogens with one attached hydrogen (secondary N) is 1. The van der Waals surface area contributed by atoms with E-state index in [2.05, 4.69) is 27.9 Å². The quantitative estimate of drug-likeness (QED) is 0.588. The largest absolute Gasteiger partial charge is 0.494 e. The van der Waals surface area contributed by atoms with Gasteiger partial charge in [0.2, 0.25) is 0 Å². The first kappa shape index (κ1) is 17.3. The number of anilines is 1. The van der Waals surface area contributed by atoms with Crippen LogP contribution in [0.3, 0.4) is 0 Å². The van der Waals surface area contributed by atoms with Crippen LogP contribution in [0.2, 0.25) is 0 Å². The summed E-state index contributed by atoms with van der Waals surface area (Å²) in [4.78, 5) is 6.96. The predicted molar refractivity (Wildman–Crippen MR) is 111 cm³/mol. The number of halogens is 1. The second-order valence-corrected chi connectivity index (χ2v) is 7.20. The topological polar surface area (TPSA) is 42.3 Å². The Morgan fingerprint density at radius 3 is 2.75 bits per heavy atom. The summed E-state index contributed by atoms with van der Waals surface area (Å²) in [6, 6.07) is 9.56. The molecule has 0 aromatic heterocycles. The predicted octanol–water partition coefficient (Wildman–Crippen LogP) is 3.87. The van der Waals surface area contributed by atoms with E-state index in [1.807, 2.05) is 24.3 Å². The summed E-state index contributed by atoms with van der Waals surface area (Å²) in [5, 5.41) is 5.20. The molecule has 0 unspecified atom stereocenters. The number of ether oxygens (including phenoxy) is 1. The summed E-state index contributed by atoms with van der Waals surface area (Å²) < 4.78 is 22.8. The first-order chi connectivity index (χ1) is 13.7. The van der Waals surface area contributed by atoms with E-state index in [1.165, 1.54) is 0 Å². The molecule has 1 fully saturated rings. The normalized spacial score (nSPS) is 15.0. The zero-order valence-corrected chi connectivity index (χ0v) is 16.1. The van der Waals surface area contributed by atoms with Gasteiger partial charge in [0.05, 0.1) is 24.0 Å². The highest BCUT2D eigenvalue weighted by atomic mass is 19.1. The van der Waals surface area contributed by atoms with E-state index in [1.54, 1.807) is 13.2 Å². The monoisotopic (exact) mass is 378 g/mol. The molecule has 0 bridgehead atoms. The molecule has 5 rings (SSSR count). The lowest BCUT2D eigenvalue weighted by atomic mass is 10.0. The van der Waals surface area contributed by atoms with Crippen molar-refractivity contribution in [2.45, 2.75) is 13.5 Å². The van der Waals surface area contributed by atoms with Gasteiger partial charge in [-0.2, -0.15) is 0 Å². The summed E-state index contributed by atoms with van der Waals surface area (Å²) in [6.45, 7) is 6.28. The van der Waals surface area contributed by atoms with Crippen molar-refractivity contribution in [1.82, 2.24) is 14.9 Å². The third kappa shape index (κ3) is 2.52. The summed E-state index contributed by atoms with van der Waals surface area (Å²) in [6.07, 6.45) is 2.13. The number of aromatic nitrogens is 2. The molecular weight excluding hydrogens is 355 g/mol. The van der Waals surface area contributed by atoms with Crippen LogP contribution in [-0.4, -0.2) is 42.8 Å². The molecule has 144 valence electrons. The van der Waals surface area contributed by atoms with Gasteiger partial charge in [0, 0.05) is 55.3 Å². The lowest BCUT2D eigenvalue weighted by Gasteiger charge is -2.30. The van der Waals surface area contributed by atoms with Crippen LogP contribution >= 0.6 is 0 Å². The molecule has 2 aromatic rings. The van der Waals surface area contributed by atoms with Crippen LogP contribution in [-0.2, 0) is 6.54 Å². The molecule has 3 aliphatic heterocycles. The Hall–Kier alpha value is -2.86. The number of hydrogen-bond acceptors (Lipinski definition) is 4. The van der Waals surface area contributed by atoms with E-state index >= 15 is 4.39 Å². The van der Waals surface area contributed by atoms with Gasteiger partial charge in [0.15, 0.2) is 0 Å². The van der Waals surface area contributed by atoms with Gasteiger partial charge in [-0.15, -0.1) is 0 Å². The summed E-state index contributed by atoms with van der Waals surface area (Å²) in [5.41, 5.74) is 4.35. The van der Waals surface area contributed by atoms with E-state index < -0.39 is 0 Å². The number of methoxy groups -OCH3 is 1. The Bertz CT molecular complexity index is 1150. The smallest absolute Gasteiger partial charge is 0.147 e. The number of rotatable bonds is 3. The SMILES string of the molecule is CCn1cc2c3cccc(OC)c3nc-2c2cc(F)c(N3CCNCC3)cc21. The number of hydrogen-bond donors (Lipinski definition) is 1. The third-order valence-corrected chi connectivity index (χ3v) is 5.70. The van der Waals surface area contributed by atoms with Crippen LogP contribution in [0.4, 0.5) is 10.1 Å². The van der Waals surface area contributed by atoms with Crippen molar-refractivity contribution in [2.75, 3.05) is 38.2 Å². The molecule has 0 atom stereocenters. The van der Waals surface area contributed by atoms with Crippen LogP contribution in [0.1, 0.15) is 6.92 Å². The maximum atomic E-state index is 15.1. The van der Waals surface area contributed by atoms with E-state index in [4.69, 9.17) is 9.72 Å². The Balaban J connectivity index is 1.81. The van der Waals surface area contributed by atoms with Crippen LogP contribution in [0.15, 0.2) is 36.5 Å². The Morgan fingerprint density at radius 2 is 2.00 bits per heavy atom. The highest BCUT2D eigenvalue weighted by Gasteiger charge is 2.22. The van der Waals surface area contributed by atoms with E-state index in [0.717, 1.165) is 71.5 Å². The van der Waals surface area contributed by atoms with Gasteiger partial charge in [-0.1, -0.05) is 12.1 Å². The zero-order chi connectivity index (χ0) is 19.3. The number of pyridine rings is 1. The molecule has 3 heterocycles. The summed E-state index contributed by atoms with van der Waals surface area (Å²) in [7, 11) is 1.65. The molecule has 6 heteroatoms. The van der Waals surface area contributed by atoms with Crippen LogP contribution in [0.5, 0.6) is 5.75 Å². The molecule has 1 N–H and O–H groups in total. The van der Waals surface area contributed by atoms with Crippen molar-refractivity contribution in [3.8, 4) is 17.0 Å². The van der Waals surface area contributed by atoms with Crippen LogP contribution in [0.25, 0.3) is 33.1 Å². The van der Waals surface area contributed by atoms with Gasteiger partial charge >= 0.3 is 0 Å². The number of benzene rings is 2. The number of fused-ring (bicyclic) bond motifs is 5. The molecule has 0 amide bonds. The second kappa shape index (κ2) is 6.63. The molecule has 0 radical (unpaired) electrons. The average Bonchev–Trinajstić information content (AvgIpc) is 3.12. The second-order valence-electron chi connectivity index (χ2n) is 7.20. The Morgan fingerprint density at radius 1 is 1.18 bits per heavy atom. The molecule has 2 aromatic carbocycles. The van der Waals surface area contributed by atoms with Crippen LogP contribution < -0.4 is 15.0 Å². The number of nitrogens with zero attached hydrogens (tertiary/aromatic N) is 3. The molecule has 1 saturated heterocycles. The number of aryl methyl sites for hydroxylation is 1. The highest BCUT2D eigenvalue weighted by molar-refractivity contribution is 6.08. The van der Waals surface area contributed by atoms with E-state index in [9.17, 15) is 0 Å². The standard InChI is InChI=1S/C22H23FN4O/c1-3-26-13-16-14-5-4-6-20(28-2)22(14)25-21(16)15-11-17(23)19(12-18(15)26)27-9-7-24-8-10-27/h4-6,11-13,24H,3,7-10H2,1-2H3. The van der Waals surface area contributed by atoms with Gasteiger partial charge in [-0.05, 0) is 25.1 Å². The number of piperazine rings is 1. The van der Waals surface area contributed by atoms with Gasteiger partial charge in [-0.3, -0.25) is 0 Å².